The van der Waals surface area contributed by atoms with Crippen LogP contribution in [0.5, 0.6) is 5.75 Å². The van der Waals surface area contributed by atoms with Gasteiger partial charge in [0.05, 0.1) is 5.69 Å². The van der Waals surface area contributed by atoms with Crippen molar-refractivity contribution in [1.82, 2.24) is 20.0 Å². The molecule has 4 rings (SSSR count). The van der Waals surface area contributed by atoms with Crippen LogP contribution in [0.2, 0.25) is 5.02 Å². The number of aryl methyl sites for hydroxylation is 1. The van der Waals surface area contributed by atoms with Gasteiger partial charge in [-0.2, -0.15) is 5.10 Å². The molecule has 11 nitrogen and oxygen atoms in total. The average molecular weight is 555 g/mol. The third-order valence-corrected chi connectivity index (χ3v) is 6.73. The van der Waals surface area contributed by atoms with Crippen LogP contribution in [0.15, 0.2) is 54.7 Å². The number of likely N-dealkylation sites (tertiary alicyclic amines) is 1. The number of carbonyl (C=O) groups excluding carboxylic acids is 2. The molecule has 39 heavy (non-hydrogen) atoms. The minimum atomic E-state index is -1.05. The second-order valence-corrected chi connectivity index (χ2v) is 9.65. The number of urea groups is 1. The molecule has 0 saturated carbocycles. The van der Waals surface area contributed by atoms with Crippen molar-refractivity contribution in [2.75, 3.05) is 43.4 Å². The monoisotopic (exact) mass is 554 g/mol. The molecule has 0 aliphatic carbocycles. The normalized spacial score (nSPS) is 14.0. The number of halogens is 1. The van der Waals surface area contributed by atoms with E-state index in [1.54, 1.807) is 41.2 Å². The second-order valence-electron chi connectivity index (χ2n) is 9.21. The molecular formula is C27H31ClN6O5. The first kappa shape index (κ1) is 27.9. The van der Waals surface area contributed by atoms with E-state index in [-0.39, 0.29) is 24.4 Å². The number of rotatable bonds is 10. The average Bonchev–Trinajstić information content (AvgIpc) is 3.35. The van der Waals surface area contributed by atoms with Crippen LogP contribution < -0.4 is 20.7 Å². The zero-order chi connectivity index (χ0) is 27.8. The van der Waals surface area contributed by atoms with Crippen molar-refractivity contribution in [2.45, 2.75) is 12.8 Å². The summed E-state index contributed by atoms with van der Waals surface area (Å²) in [6.07, 6.45) is 3.04. The highest BCUT2D eigenvalue weighted by molar-refractivity contribution is 6.30. The maximum absolute atomic E-state index is 12.5. The summed E-state index contributed by atoms with van der Waals surface area (Å²) < 4.78 is 7.89. The van der Waals surface area contributed by atoms with Crippen LogP contribution >= 0.6 is 11.6 Å². The van der Waals surface area contributed by atoms with Gasteiger partial charge in [-0.3, -0.25) is 19.2 Å². The number of piperidine rings is 1. The number of nitrogens with zero attached hydrogens (tertiary/aromatic N) is 3. The van der Waals surface area contributed by atoms with Gasteiger partial charge in [0.25, 0.3) is 0 Å². The summed E-state index contributed by atoms with van der Waals surface area (Å²) >= 11 is 5.91. The predicted molar refractivity (Wildman–Crippen MR) is 148 cm³/mol. The van der Waals surface area contributed by atoms with Gasteiger partial charge < -0.3 is 25.8 Å². The van der Waals surface area contributed by atoms with E-state index >= 15 is 0 Å². The van der Waals surface area contributed by atoms with Crippen molar-refractivity contribution >= 4 is 40.9 Å². The van der Waals surface area contributed by atoms with Crippen LogP contribution in [0.3, 0.4) is 0 Å². The fourth-order valence-electron chi connectivity index (χ4n) is 4.41. The number of benzene rings is 2. The maximum Gasteiger partial charge on any atom is 0.323 e. The molecule has 2 aromatic carbocycles. The minimum Gasteiger partial charge on any atom is -0.492 e. The number of aromatic nitrogens is 2. The van der Waals surface area contributed by atoms with Gasteiger partial charge in [-0.25, -0.2) is 4.79 Å². The lowest BCUT2D eigenvalue weighted by Gasteiger charge is -2.31. The number of amides is 3. The molecule has 0 spiro atoms. The highest BCUT2D eigenvalue weighted by Crippen LogP contribution is 2.32. The van der Waals surface area contributed by atoms with Crippen molar-refractivity contribution in [3.05, 3.63) is 59.8 Å². The smallest absolute Gasteiger partial charge is 0.323 e. The molecule has 1 aliphatic rings. The second kappa shape index (κ2) is 13.1. The van der Waals surface area contributed by atoms with E-state index in [0.717, 1.165) is 24.3 Å². The molecule has 12 heteroatoms. The molecule has 0 bridgehead atoms. The van der Waals surface area contributed by atoms with E-state index in [4.69, 9.17) is 21.4 Å². The van der Waals surface area contributed by atoms with Gasteiger partial charge in [-0.1, -0.05) is 11.6 Å². The topological polar surface area (TPSA) is 138 Å². The van der Waals surface area contributed by atoms with Crippen molar-refractivity contribution in [2.24, 2.45) is 13.0 Å². The Hall–Kier alpha value is -4.09. The quantitative estimate of drug-likeness (QED) is 0.300. The standard InChI is InChI=1S/C27H31ClN6O5/c1-33-23(8-11-30-33)22-16-21(32-27(38)31-20-4-2-19(28)3-5-20)6-7-24(22)39-15-14-34-12-9-18(10-13-34)26(37)29-17-25(35)36/h2-8,11,16,18H,9-10,12-15,17H2,1H3,(H,29,37)(H,35,36)(H2,31,32,38). The van der Waals surface area contributed by atoms with Gasteiger partial charge in [0, 0.05) is 47.7 Å². The van der Waals surface area contributed by atoms with Crippen LogP contribution in [-0.4, -0.2) is 70.5 Å². The van der Waals surface area contributed by atoms with Crippen molar-refractivity contribution < 1.29 is 24.2 Å². The Morgan fingerprint density at radius 1 is 1.05 bits per heavy atom. The van der Waals surface area contributed by atoms with Crippen LogP contribution in [-0.2, 0) is 16.6 Å². The summed E-state index contributed by atoms with van der Waals surface area (Å²) in [4.78, 5) is 37.5. The molecule has 3 aromatic rings. The van der Waals surface area contributed by atoms with Crippen LogP contribution in [0.1, 0.15) is 12.8 Å². The SMILES string of the molecule is Cn1nccc1-c1cc(NC(=O)Nc2ccc(Cl)cc2)ccc1OCCN1CCC(C(=O)NCC(=O)O)CC1. The Bertz CT molecular complexity index is 1300. The lowest BCUT2D eigenvalue weighted by Crippen LogP contribution is -2.42. The molecule has 4 N–H and O–H groups in total. The van der Waals surface area contributed by atoms with Gasteiger partial charge >= 0.3 is 12.0 Å². The van der Waals surface area contributed by atoms with Crippen molar-refractivity contribution in [1.29, 1.82) is 0 Å². The molecule has 1 aromatic heterocycles. The summed E-state index contributed by atoms with van der Waals surface area (Å²) in [7, 11) is 1.84. The van der Waals surface area contributed by atoms with Gasteiger partial charge in [-0.15, -0.1) is 0 Å². The lowest BCUT2D eigenvalue weighted by molar-refractivity contribution is -0.138. The van der Waals surface area contributed by atoms with E-state index in [1.807, 2.05) is 25.2 Å². The number of carboxylic acids is 1. The lowest BCUT2D eigenvalue weighted by atomic mass is 9.96. The summed E-state index contributed by atoms with van der Waals surface area (Å²) in [6, 6.07) is 13.8. The molecule has 1 saturated heterocycles. The summed E-state index contributed by atoms with van der Waals surface area (Å²) in [5.74, 6) is -0.766. The number of carboxylic acid groups (broad SMARTS) is 1. The van der Waals surface area contributed by atoms with Crippen LogP contribution in [0.4, 0.5) is 16.2 Å². The Kier molecular flexibility index (Phi) is 9.40. The molecule has 1 aliphatic heterocycles. The number of carbonyl (C=O) groups is 3. The molecule has 206 valence electrons. The molecule has 0 unspecified atom stereocenters. The molecule has 1 fully saturated rings. The summed E-state index contributed by atoms with van der Waals surface area (Å²) in [6.45, 7) is 2.22. The number of anilines is 2. The molecule has 0 atom stereocenters. The molecule has 2 heterocycles. The number of nitrogens with one attached hydrogen (secondary N) is 3. The van der Waals surface area contributed by atoms with Gasteiger partial charge in [0.1, 0.15) is 18.9 Å². The number of hydrogen-bond acceptors (Lipinski definition) is 6. The Morgan fingerprint density at radius 2 is 1.74 bits per heavy atom. The minimum absolute atomic E-state index is 0.171. The Balaban J connectivity index is 1.34. The first-order valence-corrected chi connectivity index (χ1v) is 13.0. The molecular weight excluding hydrogens is 524 g/mol. The van der Waals surface area contributed by atoms with Crippen LogP contribution in [0.25, 0.3) is 11.3 Å². The number of hydrogen-bond donors (Lipinski definition) is 4. The fourth-order valence-corrected chi connectivity index (χ4v) is 4.54. The number of aliphatic carboxylic acids is 1. The third kappa shape index (κ3) is 7.95. The van der Waals surface area contributed by atoms with E-state index in [0.29, 0.717) is 48.1 Å². The molecule has 0 radical (unpaired) electrons. The van der Waals surface area contributed by atoms with Crippen LogP contribution in [0, 0.1) is 5.92 Å². The largest absolute Gasteiger partial charge is 0.492 e. The van der Waals surface area contributed by atoms with E-state index in [9.17, 15) is 14.4 Å². The third-order valence-electron chi connectivity index (χ3n) is 6.47. The van der Waals surface area contributed by atoms with Crippen molar-refractivity contribution in [3.8, 4) is 17.0 Å². The Labute approximate surface area is 231 Å². The van der Waals surface area contributed by atoms with E-state index < -0.39 is 5.97 Å². The highest BCUT2D eigenvalue weighted by atomic mass is 35.5. The van der Waals surface area contributed by atoms with E-state index in [2.05, 4.69) is 25.9 Å². The summed E-state index contributed by atoms with van der Waals surface area (Å²) in [5.41, 5.74) is 2.83. The van der Waals surface area contributed by atoms with Gasteiger partial charge in [-0.05, 0) is 74.5 Å². The van der Waals surface area contributed by atoms with E-state index in [1.165, 1.54) is 0 Å². The Morgan fingerprint density at radius 3 is 2.41 bits per heavy atom. The first-order chi connectivity index (χ1) is 18.8. The molecule has 3 amide bonds. The highest BCUT2D eigenvalue weighted by Gasteiger charge is 2.25. The predicted octanol–water partition coefficient (Wildman–Crippen LogP) is 3.68. The fraction of sp³-hybridized carbons (Fsp3) is 0.333. The maximum atomic E-state index is 12.5. The van der Waals surface area contributed by atoms with Gasteiger partial charge in [0.2, 0.25) is 5.91 Å². The first-order valence-electron chi connectivity index (χ1n) is 12.6. The summed E-state index contributed by atoms with van der Waals surface area (Å²) in [5, 5.41) is 21.7. The zero-order valence-electron chi connectivity index (χ0n) is 21.5. The zero-order valence-corrected chi connectivity index (χ0v) is 22.3. The number of ether oxygens (including phenoxy) is 1. The van der Waals surface area contributed by atoms with Gasteiger partial charge in [0.15, 0.2) is 0 Å². The van der Waals surface area contributed by atoms with Crippen molar-refractivity contribution in [3.63, 3.8) is 0 Å².